The number of carbonyl (C=O) groups is 2. The van der Waals surface area contributed by atoms with Gasteiger partial charge in [0.2, 0.25) is 0 Å². The predicted molar refractivity (Wildman–Crippen MR) is 91.5 cm³/mol. The van der Waals surface area contributed by atoms with Crippen LogP contribution in [0, 0.1) is 0 Å². The Morgan fingerprint density at radius 2 is 2.12 bits per heavy atom. The molecule has 1 aromatic carbocycles. The Labute approximate surface area is 144 Å². The van der Waals surface area contributed by atoms with Crippen LogP contribution in [0.25, 0.3) is 0 Å². The zero-order valence-corrected chi connectivity index (χ0v) is 13.7. The van der Waals surface area contributed by atoms with Gasteiger partial charge in [-0.25, -0.2) is 0 Å². The fourth-order valence-electron chi connectivity index (χ4n) is 2.59. The molecule has 1 fully saturated rings. The van der Waals surface area contributed by atoms with E-state index in [-0.39, 0.29) is 17.9 Å². The Balaban J connectivity index is 1.67. The Kier molecular flexibility index (Phi) is 5.17. The molecule has 7 heteroatoms. The molecule has 1 atom stereocenters. The summed E-state index contributed by atoms with van der Waals surface area (Å²) in [7, 11) is 0. The van der Waals surface area contributed by atoms with Crippen LogP contribution < -0.4 is 10.6 Å². The molecular weight excluding hydrogens is 330 g/mol. The van der Waals surface area contributed by atoms with E-state index < -0.39 is 0 Å². The Hall–Kier alpha value is -2.31. The fraction of sp³-hybridized carbons (Fsp3) is 0.294. The largest absolute Gasteiger partial charge is 0.376 e. The molecule has 3 rings (SSSR count). The fourth-order valence-corrected chi connectivity index (χ4v) is 2.75. The summed E-state index contributed by atoms with van der Waals surface area (Å²) < 4.78 is 5.49. The van der Waals surface area contributed by atoms with E-state index in [1.807, 2.05) is 0 Å². The maximum Gasteiger partial charge on any atom is 0.272 e. The summed E-state index contributed by atoms with van der Waals surface area (Å²) in [6, 6.07) is 8.39. The first-order chi connectivity index (χ1) is 11.6. The van der Waals surface area contributed by atoms with E-state index in [9.17, 15) is 9.59 Å². The van der Waals surface area contributed by atoms with Crippen molar-refractivity contribution in [1.82, 2.24) is 10.3 Å². The van der Waals surface area contributed by atoms with E-state index >= 15 is 0 Å². The van der Waals surface area contributed by atoms with E-state index in [2.05, 4.69) is 15.6 Å². The van der Waals surface area contributed by atoms with Crippen molar-refractivity contribution in [3.63, 3.8) is 0 Å². The van der Waals surface area contributed by atoms with Gasteiger partial charge in [0.15, 0.2) is 0 Å². The van der Waals surface area contributed by atoms with Crippen LogP contribution in [0.5, 0.6) is 0 Å². The number of anilines is 1. The average molecular weight is 348 g/mol. The quantitative estimate of drug-likeness (QED) is 0.777. The summed E-state index contributed by atoms with van der Waals surface area (Å²) in [5.41, 5.74) is 1.18. The van der Waals surface area contributed by atoms with Crippen molar-refractivity contribution in [1.29, 1.82) is 0 Å². The minimum atomic E-state index is -0.360. The summed E-state index contributed by atoms with van der Waals surface area (Å²) in [5, 5.41) is 6.03. The summed E-state index contributed by atoms with van der Waals surface area (Å²) in [4.78, 5) is 27.4. The molecule has 0 aliphatic carbocycles. The maximum atomic E-state index is 12.4. The van der Waals surface area contributed by atoms with Crippen molar-refractivity contribution in [2.75, 3.05) is 18.5 Å². The third kappa shape index (κ3) is 3.96. The lowest BCUT2D eigenvalue weighted by Gasteiger charge is -2.13. The molecule has 1 aliphatic heterocycles. The number of halogens is 1. The molecular formula is C17H18ClN3O3. The first-order valence-electron chi connectivity index (χ1n) is 7.77. The predicted octanol–water partition coefficient (Wildman–Crippen LogP) is 2.83. The van der Waals surface area contributed by atoms with Gasteiger partial charge in [-0.2, -0.15) is 0 Å². The van der Waals surface area contributed by atoms with Gasteiger partial charge < -0.3 is 20.4 Å². The number of hydrogen-bond donors (Lipinski definition) is 3. The Morgan fingerprint density at radius 1 is 1.29 bits per heavy atom. The van der Waals surface area contributed by atoms with E-state index in [0.717, 1.165) is 19.4 Å². The van der Waals surface area contributed by atoms with Gasteiger partial charge in [-0.3, -0.25) is 9.59 Å². The zero-order valence-electron chi connectivity index (χ0n) is 13.0. The van der Waals surface area contributed by atoms with Crippen LogP contribution in [-0.2, 0) is 4.74 Å². The Bertz CT molecular complexity index is 738. The summed E-state index contributed by atoms with van der Waals surface area (Å²) in [6.07, 6.45) is 3.56. The molecule has 6 nitrogen and oxygen atoms in total. The van der Waals surface area contributed by atoms with Crippen LogP contribution in [0.15, 0.2) is 36.5 Å². The molecule has 2 amide bonds. The second-order valence-electron chi connectivity index (χ2n) is 5.58. The molecule has 0 spiro atoms. The highest BCUT2D eigenvalue weighted by atomic mass is 35.5. The SMILES string of the molecule is O=C(Nc1ccccc1C(=O)NCC1CCCO1)c1cc(Cl)c[nH]1. The summed E-state index contributed by atoms with van der Waals surface area (Å²) in [6.45, 7) is 1.21. The topological polar surface area (TPSA) is 83.2 Å². The summed E-state index contributed by atoms with van der Waals surface area (Å²) >= 11 is 5.81. The van der Waals surface area contributed by atoms with Gasteiger partial charge in [0.05, 0.1) is 22.4 Å². The molecule has 0 bridgehead atoms. The first kappa shape index (κ1) is 16.5. The molecule has 1 saturated heterocycles. The van der Waals surface area contributed by atoms with Crippen molar-refractivity contribution in [2.24, 2.45) is 0 Å². The minimum absolute atomic E-state index is 0.0664. The lowest BCUT2D eigenvalue weighted by molar-refractivity contribution is 0.0858. The summed E-state index contributed by atoms with van der Waals surface area (Å²) in [5.74, 6) is -0.604. The third-order valence-electron chi connectivity index (χ3n) is 3.83. The monoisotopic (exact) mass is 347 g/mol. The van der Waals surface area contributed by atoms with Crippen LogP contribution in [0.2, 0.25) is 5.02 Å². The second-order valence-corrected chi connectivity index (χ2v) is 6.01. The molecule has 1 unspecified atom stereocenters. The molecule has 3 N–H and O–H groups in total. The number of carbonyl (C=O) groups excluding carboxylic acids is 2. The number of benzene rings is 1. The minimum Gasteiger partial charge on any atom is -0.376 e. The Morgan fingerprint density at radius 3 is 2.83 bits per heavy atom. The highest BCUT2D eigenvalue weighted by Gasteiger charge is 2.19. The van der Waals surface area contributed by atoms with Crippen molar-refractivity contribution in [3.05, 3.63) is 52.8 Å². The highest BCUT2D eigenvalue weighted by Crippen LogP contribution is 2.18. The van der Waals surface area contributed by atoms with Crippen molar-refractivity contribution in [3.8, 4) is 0 Å². The molecule has 0 saturated carbocycles. The van der Waals surface area contributed by atoms with Crippen molar-refractivity contribution < 1.29 is 14.3 Å². The normalized spacial score (nSPS) is 16.8. The molecule has 1 aliphatic rings. The van der Waals surface area contributed by atoms with Gasteiger partial charge in [0, 0.05) is 19.3 Å². The molecule has 0 radical (unpaired) electrons. The number of para-hydroxylation sites is 1. The van der Waals surface area contributed by atoms with Gasteiger partial charge in [-0.1, -0.05) is 23.7 Å². The van der Waals surface area contributed by atoms with Crippen LogP contribution in [0.4, 0.5) is 5.69 Å². The highest BCUT2D eigenvalue weighted by molar-refractivity contribution is 6.31. The maximum absolute atomic E-state index is 12.4. The average Bonchev–Trinajstić information content (AvgIpc) is 3.24. The van der Waals surface area contributed by atoms with Crippen LogP contribution in [-0.4, -0.2) is 36.1 Å². The van der Waals surface area contributed by atoms with E-state index in [0.29, 0.717) is 28.5 Å². The number of nitrogens with one attached hydrogen (secondary N) is 3. The number of hydrogen-bond acceptors (Lipinski definition) is 3. The van der Waals surface area contributed by atoms with E-state index in [1.54, 1.807) is 24.3 Å². The standard InChI is InChI=1S/C17H18ClN3O3/c18-11-8-15(19-9-11)17(23)21-14-6-2-1-5-13(14)16(22)20-10-12-4-3-7-24-12/h1-2,5-6,8-9,12,19H,3-4,7,10H2,(H,20,22)(H,21,23). The van der Waals surface area contributed by atoms with Gasteiger partial charge in [0.25, 0.3) is 11.8 Å². The van der Waals surface area contributed by atoms with E-state index in [4.69, 9.17) is 16.3 Å². The number of amides is 2. The van der Waals surface area contributed by atoms with Gasteiger partial charge in [-0.05, 0) is 31.0 Å². The smallest absolute Gasteiger partial charge is 0.272 e. The number of rotatable bonds is 5. The van der Waals surface area contributed by atoms with Crippen LogP contribution in [0.3, 0.4) is 0 Å². The third-order valence-corrected chi connectivity index (χ3v) is 4.04. The molecule has 24 heavy (non-hydrogen) atoms. The zero-order chi connectivity index (χ0) is 16.9. The number of H-pyrrole nitrogens is 1. The lowest BCUT2D eigenvalue weighted by atomic mass is 10.1. The number of aromatic amines is 1. The second kappa shape index (κ2) is 7.51. The molecule has 2 heterocycles. The van der Waals surface area contributed by atoms with Crippen LogP contribution >= 0.6 is 11.6 Å². The molecule has 126 valence electrons. The van der Waals surface area contributed by atoms with Gasteiger partial charge in [-0.15, -0.1) is 0 Å². The van der Waals surface area contributed by atoms with Gasteiger partial charge in [0.1, 0.15) is 5.69 Å². The number of aromatic nitrogens is 1. The first-order valence-corrected chi connectivity index (χ1v) is 8.15. The number of ether oxygens (including phenoxy) is 1. The lowest BCUT2D eigenvalue weighted by Crippen LogP contribution is -2.32. The molecule has 2 aromatic rings. The van der Waals surface area contributed by atoms with Crippen LogP contribution in [0.1, 0.15) is 33.7 Å². The molecule has 1 aromatic heterocycles. The van der Waals surface area contributed by atoms with Crippen molar-refractivity contribution in [2.45, 2.75) is 18.9 Å². The van der Waals surface area contributed by atoms with Gasteiger partial charge >= 0.3 is 0 Å². The van der Waals surface area contributed by atoms with E-state index in [1.165, 1.54) is 12.3 Å². The van der Waals surface area contributed by atoms with Crippen molar-refractivity contribution >= 4 is 29.1 Å².